The Balaban J connectivity index is 2.30. The number of hydrogen-bond acceptors (Lipinski definition) is 6. The summed E-state index contributed by atoms with van der Waals surface area (Å²) in [6.07, 6.45) is 2.03. The molecule has 0 aliphatic carbocycles. The molecular weight excluding hydrogens is 252 g/mol. The summed E-state index contributed by atoms with van der Waals surface area (Å²) < 4.78 is 22.9. The van der Waals surface area contributed by atoms with Gasteiger partial charge in [0.05, 0.1) is 29.0 Å². The van der Waals surface area contributed by atoms with Gasteiger partial charge in [0.15, 0.2) is 9.84 Å². The van der Waals surface area contributed by atoms with Crippen LogP contribution in [0.1, 0.15) is 12.0 Å². The predicted octanol–water partition coefficient (Wildman–Crippen LogP) is 0.159. The molecule has 7 heteroatoms. The van der Waals surface area contributed by atoms with Crippen LogP contribution >= 0.6 is 0 Å². The molecule has 1 fully saturated rings. The first-order chi connectivity index (χ1) is 8.43. The van der Waals surface area contributed by atoms with Crippen molar-refractivity contribution in [2.45, 2.75) is 12.5 Å². The summed E-state index contributed by atoms with van der Waals surface area (Å²) in [7, 11) is -1.20. The van der Waals surface area contributed by atoms with Gasteiger partial charge in [-0.15, -0.1) is 0 Å². The van der Waals surface area contributed by atoms with Crippen LogP contribution in [0.15, 0.2) is 12.3 Å². The van der Waals surface area contributed by atoms with Crippen molar-refractivity contribution in [1.29, 1.82) is 5.26 Å². The summed E-state index contributed by atoms with van der Waals surface area (Å²) >= 11 is 0. The topological polar surface area (TPSA) is 100 Å². The molecule has 1 aliphatic rings. The maximum Gasteiger partial charge on any atom is 0.152 e. The van der Waals surface area contributed by atoms with E-state index < -0.39 is 9.84 Å². The van der Waals surface area contributed by atoms with E-state index in [0.29, 0.717) is 23.5 Å². The van der Waals surface area contributed by atoms with Crippen molar-refractivity contribution in [3.8, 4) is 6.07 Å². The molecule has 1 aromatic rings. The van der Waals surface area contributed by atoms with Crippen molar-refractivity contribution >= 4 is 21.3 Å². The molecule has 2 heterocycles. The number of rotatable bonds is 2. The highest BCUT2D eigenvalue weighted by atomic mass is 32.2. The molecule has 0 amide bonds. The summed E-state index contributed by atoms with van der Waals surface area (Å²) in [5, 5.41) is 9.05. The number of nitriles is 1. The molecule has 0 spiro atoms. The van der Waals surface area contributed by atoms with Crippen LogP contribution in [0.2, 0.25) is 0 Å². The molecule has 0 aromatic carbocycles. The van der Waals surface area contributed by atoms with Crippen LogP contribution in [0.5, 0.6) is 0 Å². The Labute approximate surface area is 106 Å². The highest BCUT2D eigenvalue weighted by Gasteiger charge is 2.32. The van der Waals surface area contributed by atoms with Crippen LogP contribution in [0.3, 0.4) is 0 Å². The predicted molar refractivity (Wildman–Crippen MR) is 68.8 cm³/mol. The number of nitrogen functional groups attached to an aromatic ring is 1. The minimum absolute atomic E-state index is 0.112. The van der Waals surface area contributed by atoms with Gasteiger partial charge in [-0.2, -0.15) is 5.26 Å². The van der Waals surface area contributed by atoms with E-state index in [1.54, 1.807) is 18.0 Å². The Hall–Kier alpha value is -1.81. The van der Waals surface area contributed by atoms with Gasteiger partial charge < -0.3 is 10.6 Å². The van der Waals surface area contributed by atoms with Crippen LogP contribution in [0.4, 0.5) is 11.5 Å². The number of anilines is 2. The van der Waals surface area contributed by atoms with Gasteiger partial charge in [0, 0.05) is 13.1 Å². The third kappa shape index (κ3) is 2.38. The van der Waals surface area contributed by atoms with Crippen molar-refractivity contribution in [3.63, 3.8) is 0 Å². The molecular formula is C11H14N4O2S. The summed E-state index contributed by atoms with van der Waals surface area (Å²) in [6.45, 7) is 0. The van der Waals surface area contributed by atoms with E-state index >= 15 is 0 Å². The van der Waals surface area contributed by atoms with Crippen LogP contribution in [0.25, 0.3) is 0 Å². The molecule has 96 valence electrons. The summed E-state index contributed by atoms with van der Waals surface area (Å²) in [5.41, 5.74) is 6.35. The average Bonchev–Trinajstić information content (AvgIpc) is 2.68. The van der Waals surface area contributed by atoms with E-state index in [0.717, 1.165) is 0 Å². The number of hydrogen-bond donors (Lipinski definition) is 1. The zero-order valence-electron chi connectivity index (χ0n) is 10.00. The number of nitrogens with two attached hydrogens (primary N) is 1. The van der Waals surface area contributed by atoms with E-state index in [2.05, 4.69) is 4.98 Å². The van der Waals surface area contributed by atoms with Crippen molar-refractivity contribution < 1.29 is 8.42 Å². The Morgan fingerprint density at radius 3 is 2.89 bits per heavy atom. The monoisotopic (exact) mass is 266 g/mol. The Morgan fingerprint density at radius 2 is 2.33 bits per heavy atom. The zero-order chi connectivity index (χ0) is 13.3. The van der Waals surface area contributed by atoms with Gasteiger partial charge in [0.2, 0.25) is 0 Å². The lowest BCUT2D eigenvalue weighted by Gasteiger charge is -2.25. The fourth-order valence-electron chi connectivity index (χ4n) is 2.09. The number of nitrogens with zero attached hydrogens (tertiary/aromatic N) is 3. The second-order valence-electron chi connectivity index (χ2n) is 4.42. The summed E-state index contributed by atoms with van der Waals surface area (Å²) in [5.74, 6) is 0.785. The minimum Gasteiger partial charge on any atom is -0.397 e. The molecule has 2 N–H and O–H groups in total. The van der Waals surface area contributed by atoms with E-state index in [1.165, 1.54) is 6.20 Å². The van der Waals surface area contributed by atoms with Gasteiger partial charge in [-0.1, -0.05) is 0 Å². The van der Waals surface area contributed by atoms with Gasteiger partial charge in [0.1, 0.15) is 11.9 Å². The van der Waals surface area contributed by atoms with Gasteiger partial charge in [0.25, 0.3) is 0 Å². The third-order valence-electron chi connectivity index (χ3n) is 3.10. The normalized spacial score (nSPS) is 21.4. The number of aromatic nitrogens is 1. The van der Waals surface area contributed by atoms with Crippen molar-refractivity contribution in [2.24, 2.45) is 0 Å². The smallest absolute Gasteiger partial charge is 0.152 e. The van der Waals surface area contributed by atoms with Crippen molar-refractivity contribution in [2.75, 3.05) is 29.2 Å². The maximum atomic E-state index is 11.5. The molecule has 6 nitrogen and oxygen atoms in total. The lowest BCUT2D eigenvalue weighted by molar-refractivity contribution is 0.600. The van der Waals surface area contributed by atoms with E-state index in [-0.39, 0.29) is 17.5 Å². The molecule has 1 aliphatic heterocycles. The third-order valence-corrected chi connectivity index (χ3v) is 4.85. The largest absolute Gasteiger partial charge is 0.397 e. The highest BCUT2D eigenvalue weighted by molar-refractivity contribution is 7.91. The first-order valence-electron chi connectivity index (χ1n) is 5.52. The Kier molecular flexibility index (Phi) is 3.13. The second-order valence-corrected chi connectivity index (χ2v) is 6.65. The van der Waals surface area contributed by atoms with Gasteiger partial charge in [-0.05, 0) is 12.5 Å². The number of sulfone groups is 1. The number of pyridine rings is 1. The highest BCUT2D eigenvalue weighted by Crippen LogP contribution is 2.24. The molecule has 1 atom stereocenters. The van der Waals surface area contributed by atoms with Crippen LogP contribution in [-0.2, 0) is 9.84 Å². The minimum atomic E-state index is -2.95. The molecule has 0 bridgehead atoms. The quantitative estimate of drug-likeness (QED) is 0.818. The first kappa shape index (κ1) is 12.6. The molecule has 2 rings (SSSR count). The maximum absolute atomic E-state index is 11.5. The van der Waals surface area contributed by atoms with Crippen LogP contribution in [0, 0.1) is 11.3 Å². The molecule has 0 radical (unpaired) electrons. The van der Waals surface area contributed by atoms with Crippen molar-refractivity contribution in [3.05, 3.63) is 17.8 Å². The Bertz CT molecular complexity index is 606. The van der Waals surface area contributed by atoms with Gasteiger partial charge in [-0.3, -0.25) is 0 Å². The zero-order valence-corrected chi connectivity index (χ0v) is 10.8. The van der Waals surface area contributed by atoms with Crippen LogP contribution < -0.4 is 10.6 Å². The van der Waals surface area contributed by atoms with Gasteiger partial charge >= 0.3 is 0 Å². The molecule has 1 aromatic heterocycles. The molecule has 1 saturated heterocycles. The summed E-state index contributed by atoms with van der Waals surface area (Å²) in [6, 6.07) is 3.45. The van der Waals surface area contributed by atoms with Crippen molar-refractivity contribution in [1.82, 2.24) is 4.98 Å². The lowest BCUT2D eigenvalue weighted by atomic mass is 10.2. The lowest BCUT2D eigenvalue weighted by Crippen LogP contribution is -2.33. The summed E-state index contributed by atoms with van der Waals surface area (Å²) in [4.78, 5) is 5.88. The fraction of sp³-hybridized carbons (Fsp3) is 0.455. The fourth-order valence-corrected chi connectivity index (χ4v) is 3.87. The van der Waals surface area contributed by atoms with E-state index in [1.807, 2.05) is 6.07 Å². The molecule has 1 unspecified atom stereocenters. The molecule has 18 heavy (non-hydrogen) atoms. The standard InChI is InChI=1S/C11H14N4O2S/c1-15(10-2-3-18(16,17)7-10)11-8(5-12)4-9(13)6-14-11/h4,6,10H,2-3,7,13H2,1H3. The Morgan fingerprint density at radius 1 is 1.61 bits per heavy atom. The SMILES string of the molecule is CN(c1ncc(N)cc1C#N)C1CCS(=O)(=O)C1. The first-order valence-corrected chi connectivity index (χ1v) is 7.34. The van der Waals surface area contributed by atoms with Crippen LogP contribution in [-0.4, -0.2) is 38.0 Å². The van der Waals surface area contributed by atoms with Gasteiger partial charge in [-0.25, -0.2) is 13.4 Å². The average molecular weight is 266 g/mol. The van der Waals surface area contributed by atoms with E-state index in [4.69, 9.17) is 11.0 Å². The second kappa shape index (κ2) is 4.46. The van der Waals surface area contributed by atoms with E-state index in [9.17, 15) is 8.42 Å². The molecule has 0 saturated carbocycles.